The molecule has 2 aromatic rings. The van der Waals surface area contributed by atoms with Crippen LogP contribution in [0.15, 0.2) is 36.4 Å². The lowest BCUT2D eigenvalue weighted by Crippen LogP contribution is -2.28. The molecule has 0 heterocycles. The van der Waals surface area contributed by atoms with Gasteiger partial charge in [0, 0.05) is 13.6 Å². The first-order valence-electron chi connectivity index (χ1n) is 7.54. The van der Waals surface area contributed by atoms with Crippen molar-refractivity contribution in [3.8, 4) is 5.75 Å². The third-order valence-corrected chi connectivity index (χ3v) is 4.33. The van der Waals surface area contributed by atoms with Crippen molar-refractivity contribution in [2.45, 2.75) is 13.0 Å². The Labute approximate surface area is 134 Å². The molecule has 23 heavy (non-hydrogen) atoms. The molecule has 0 saturated heterocycles. The van der Waals surface area contributed by atoms with E-state index in [0.29, 0.717) is 13.0 Å². The van der Waals surface area contributed by atoms with Gasteiger partial charge in [-0.15, -0.1) is 0 Å². The van der Waals surface area contributed by atoms with Crippen LogP contribution < -0.4 is 4.74 Å². The second-order valence-corrected chi connectivity index (χ2v) is 6.03. The summed E-state index contributed by atoms with van der Waals surface area (Å²) in [7, 11) is 3.36. The zero-order chi connectivity index (χ0) is 16.6. The van der Waals surface area contributed by atoms with Crippen molar-refractivity contribution in [3.05, 3.63) is 42.0 Å². The molecule has 0 bridgehead atoms. The molecule has 2 unspecified atom stereocenters. The van der Waals surface area contributed by atoms with Crippen molar-refractivity contribution in [2.24, 2.45) is 11.8 Å². The van der Waals surface area contributed by atoms with Crippen molar-refractivity contribution in [2.75, 3.05) is 14.2 Å². The lowest BCUT2D eigenvalue weighted by Gasteiger charge is -2.17. The molecule has 0 spiro atoms. The third kappa shape index (κ3) is 3.13. The molecule has 1 aliphatic rings. The number of carbonyl (C=O) groups is 2. The number of carboxylic acid groups (broad SMARTS) is 1. The van der Waals surface area contributed by atoms with Crippen LogP contribution in [-0.4, -0.2) is 36.0 Å². The lowest BCUT2D eigenvalue weighted by molar-refractivity contribution is -0.141. The van der Waals surface area contributed by atoms with E-state index in [9.17, 15) is 9.59 Å². The standard InChI is InChI=1S/C18H19NO4/c1-19(17(20)15-9-16(15)18(21)22)10-11-3-4-13-8-14(23-2)6-5-12(13)7-11/h3-8,15-16H,9-10H2,1-2H3,(H,21,22). The van der Waals surface area contributed by atoms with Crippen molar-refractivity contribution < 1.29 is 19.4 Å². The van der Waals surface area contributed by atoms with Crippen molar-refractivity contribution >= 4 is 22.6 Å². The Balaban J connectivity index is 1.71. The fourth-order valence-corrected chi connectivity index (χ4v) is 2.87. The van der Waals surface area contributed by atoms with Crippen LogP contribution in [0.4, 0.5) is 0 Å². The van der Waals surface area contributed by atoms with Gasteiger partial charge in [-0.3, -0.25) is 9.59 Å². The van der Waals surface area contributed by atoms with Gasteiger partial charge in [-0.25, -0.2) is 0 Å². The molecule has 5 nitrogen and oxygen atoms in total. The van der Waals surface area contributed by atoms with Gasteiger partial charge in [0.15, 0.2) is 0 Å². The zero-order valence-electron chi connectivity index (χ0n) is 13.2. The minimum absolute atomic E-state index is 0.0905. The van der Waals surface area contributed by atoms with Gasteiger partial charge in [-0.05, 0) is 41.0 Å². The van der Waals surface area contributed by atoms with E-state index in [4.69, 9.17) is 9.84 Å². The van der Waals surface area contributed by atoms with E-state index < -0.39 is 11.9 Å². The maximum absolute atomic E-state index is 12.2. The number of hydrogen-bond donors (Lipinski definition) is 1. The Morgan fingerprint density at radius 2 is 1.87 bits per heavy atom. The van der Waals surface area contributed by atoms with E-state index >= 15 is 0 Å². The molecule has 1 aliphatic carbocycles. The minimum atomic E-state index is -0.878. The number of methoxy groups -OCH3 is 1. The molecule has 0 aliphatic heterocycles. The Bertz CT molecular complexity index is 771. The van der Waals surface area contributed by atoms with Gasteiger partial charge in [0.05, 0.1) is 18.9 Å². The maximum Gasteiger partial charge on any atom is 0.307 e. The summed E-state index contributed by atoms with van der Waals surface area (Å²) in [5.41, 5.74) is 1.02. The number of aliphatic carboxylic acids is 1. The quantitative estimate of drug-likeness (QED) is 0.921. The SMILES string of the molecule is COc1ccc2cc(CN(C)C(=O)C3CC3C(=O)O)ccc2c1. The van der Waals surface area contributed by atoms with E-state index in [1.807, 2.05) is 36.4 Å². The fraction of sp³-hybridized carbons (Fsp3) is 0.333. The average Bonchev–Trinajstić information content (AvgIpc) is 3.34. The van der Waals surface area contributed by atoms with Gasteiger partial charge in [0.25, 0.3) is 0 Å². The zero-order valence-corrected chi connectivity index (χ0v) is 13.2. The van der Waals surface area contributed by atoms with E-state index in [1.54, 1.807) is 19.1 Å². The third-order valence-electron chi connectivity index (χ3n) is 4.33. The molecule has 2 atom stereocenters. The smallest absolute Gasteiger partial charge is 0.307 e. The highest BCUT2D eigenvalue weighted by Gasteiger charge is 2.49. The van der Waals surface area contributed by atoms with Gasteiger partial charge in [0.2, 0.25) is 5.91 Å². The first-order valence-corrected chi connectivity index (χ1v) is 7.54. The van der Waals surface area contributed by atoms with Gasteiger partial charge in [0.1, 0.15) is 5.75 Å². The Morgan fingerprint density at radius 1 is 1.17 bits per heavy atom. The molecule has 2 aromatic carbocycles. The van der Waals surface area contributed by atoms with Crippen LogP contribution in [-0.2, 0) is 16.1 Å². The number of amides is 1. The number of carboxylic acids is 1. The summed E-state index contributed by atoms with van der Waals surface area (Å²) in [6, 6.07) is 11.9. The molecular weight excluding hydrogens is 294 g/mol. The van der Waals surface area contributed by atoms with Crippen molar-refractivity contribution in [1.29, 1.82) is 0 Å². The number of ether oxygens (including phenoxy) is 1. The van der Waals surface area contributed by atoms with Crippen LogP contribution in [0, 0.1) is 11.8 Å². The molecule has 1 saturated carbocycles. The molecule has 3 rings (SSSR count). The second kappa shape index (κ2) is 5.91. The Hall–Kier alpha value is -2.56. The van der Waals surface area contributed by atoms with Crippen LogP contribution in [0.5, 0.6) is 5.75 Å². The van der Waals surface area contributed by atoms with Crippen LogP contribution in [0.25, 0.3) is 10.8 Å². The van der Waals surface area contributed by atoms with Crippen molar-refractivity contribution in [1.82, 2.24) is 4.90 Å². The normalized spacial score (nSPS) is 19.4. The molecular formula is C18H19NO4. The monoisotopic (exact) mass is 313 g/mol. The van der Waals surface area contributed by atoms with Gasteiger partial charge in [-0.1, -0.05) is 18.2 Å². The fourth-order valence-electron chi connectivity index (χ4n) is 2.87. The summed E-state index contributed by atoms with van der Waals surface area (Å²) in [5.74, 6) is -1.02. The topological polar surface area (TPSA) is 66.8 Å². The number of rotatable bonds is 5. The molecule has 1 N–H and O–H groups in total. The Morgan fingerprint density at radius 3 is 2.52 bits per heavy atom. The van der Waals surface area contributed by atoms with E-state index in [1.165, 1.54) is 0 Å². The highest BCUT2D eigenvalue weighted by atomic mass is 16.5. The van der Waals surface area contributed by atoms with Crippen LogP contribution in [0.1, 0.15) is 12.0 Å². The van der Waals surface area contributed by atoms with E-state index in [-0.39, 0.29) is 11.8 Å². The number of benzene rings is 2. The second-order valence-electron chi connectivity index (χ2n) is 6.03. The predicted molar refractivity (Wildman–Crippen MR) is 86.2 cm³/mol. The molecule has 120 valence electrons. The molecule has 1 amide bonds. The average molecular weight is 313 g/mol. The number of hydrogen-bond acceptors (Lipinski definition) is 3. The number of fused-ring (bicyclic) bond motifs is 1. The largest absolute Gasteiger partial charge is 0.497 e. The molecule has 0 radical (unpaired) electrons. The summed E-state index contributed by atoms with van der Waals surface area (Å²) in [5, 5.41) is 11.1. The Kier molecular flexibility index (Phi) is 3.94. The van der Waals surface area contributed by atoms with Gasteiger partial charge >= 0.3 is 5.97 Å². The highest BCUT2D eigenvalue weighted by Crippen LogP contribution is 2.40. The molecule has 0 aromatic heterocycles. The molecule has 1 fully saturated rings. The summed E-state index contributed by atoms with van der Waals surface area (Å²) in [6.45, 7) is 0.476. The summed E-state index contributed by atoms with van der Waals surface area (Å²) in [4.78, 5) is 24.7. The minimum Gasteiger partial charge on any atom is -0.497 e. The predicted octanol–water partition coefficient (Wildman–Crippen LogP) is 2.53. The van der Waals surface area contributed by atoms with Crippen LogP contribution >= 0.6 is 0 Å². The highest BCUT2D eigenvalue weighted by molar-refractivity contribution is 5.89. The number of nitrogens with zero attached hydrogens (tertiary/aromatic N) is 1. The number of carbonyl (C=O) groups excluding carboxylic acids is 1. The summed E-state index contributed by atoms with van der Waals surface area (Å²) < 4.78 is 5.21. The first kappa shape index (κ1) is 15.3. The first-order chi connectivity index (χ1) is 11.0. The van der Waals surface area contributed by atoms with Crippen molar-refractivity contribution in [3.63, 3.8) is 0 Å². The van der Waals surface area contributed by atoms with Gasteiger partial charge in [-0.2, -0.15) is 0 Å². The van der Waals surface area contributed by atoms with E-state index in [0.717, 1.165) is 22.1 Å². The lowest BCUT2D eigenvalue weighted by atomic mass is 10.1. The molecule has 5 heteroatoms. The van der Waals surface area contributed by atoms with Crippen LogP contribution in [0.3, 0.4) is 0 Å². The summed E-state index contributed by atoms with van der Waals surface area (Å²) in [6.07, 6.45) is 0.454. The van der Waals surface area contributed by atoms with Gasteiger partial charge < -0.3 is 14.7 Å². The van der Waals surface area contributed by atoms with E-state index in [2.05, 4.69) is 0 Å². The van der Waals surface area contributed by atoms with Crippen LogP contribution in [0.2, 0.25) is 0 Å². The summed E-state index contributed by atoms with van der Waals surface area (Å²) >= 11 is 0. The maximum atomic E-state index is 12.2.